The molecule has 1 rings (SSSR count). The lowest BCUT2D eigenvalue weighted by Crippen LogP contribution is -2.37. The summed E-state index contributed by atoms with van der Waals surface area (Å²) >= 11 is 0. The summed E-state index contributed by atoms with van der Waals surface area (Å²) in [5.74, 6) is -0.226. The van der Waals surface area contributed by atoms with Crippen LogP contribution in [0.5, 0.6) is 0 Å². The van der Waals surface area contributed by atoms with Crippen molar-refractivity contribution in [1.82, 2.24) is 5.32 Å². The summed E-state index contributed by atoms with van der Waals surface area (Å²) in [6, 6.07) is -0.248. The van der Waals surface area contributed by atoms with Crippen LogP contribution in [0.1, 0.15) is 32.6 Å². The molecule has 0 aromatic rings. The lowest BCUT2D eigenvalue weighted by atomic mass is 10.3. The average Bonchev–Trinajstić information content (AvgIpc) is 2.75. The Morgan fingerprint density at radius 1 is 1.47 bits per heavy atom. The van der Waals surface area contributed by atoms with Crippen LogP contribution in [-0.2, 0) is 14.3 Å². The van der Waals surface area contributed by atoms with Crippen molar-refractivity contribution in [3.8, 4) is 0 Å². The number of ether oxygens (including phenoxy) is 2. The molecule has 0 aliphatic heterocycles. The minimum Gasteiger partial charge on any atom is -0.468 e. The molecule has 0 bridgehead atoms. The maximum atomic E-state index is 11.0. The molecule has 4 heteroatoms. The maximum Gasteiger partial charge on any atom is 0.322 e. The van der Waals surface area contributed by atoms with Crippen molar-refractivity contribution in [2.75, 3.05) is 20.3 Å². The Kier molecular flexibility index (Phi) is 5.65. The highest BCUT2D eigenvalue weighted by molar-refractivity contribution is 5.74. The highest BCUT2D eigenvalue weighted by atomic mass is 16.5. The number of methoxy groups -OCH3 is 1. The highest BCUT2D eigenvalue weighted by Gasteiger charge is 2.15. The van der Waals surface area contributed by atoms with Crippen molar-refractivity contribution in [3.63, 3.8) is 0 Å². The molecule has 1 N–H and O–H groups in total. The molecule has 1 aliphatic rings. The smallest absolute Gasteiger partial charge is 0.322 e. The third-order valence-electron chi connectivity index (χ3n) is 2.76. The molecule has 0 amide bonds. The number of carbonyl (C=O) groups excluding carboxylic acids is 1. The normalized spacial score (nSPS) is 19.1. The van der Waals surface area contributed by atoms with Crippen LogP contribution in [0.2, 0.25) is 0 Å². The van der Waals surface area contributed by atoms with Crippen molar-refractivity contribution < 1.29 is 14.3 Å². The van der Waals surface area contributed by atoms with E-state index >= 15 is 0 Å². The zero-order chi connectivity index (χ0) is 11.1. The maximum absolute atomic E-state index is 11.0. The van der Waals surface area contributed by atoms with Gasteiger partial charge in [-0.15, -0.1) is 0 Å². The Morgan fingerprint density at radius 2 is 2.13 bits per heavy atom. The minimum absolute atomic E-state index is 0.226. The van der Waals surface area contributed by atoms with E-state index in [4.69, 9.17) is 4.74 Å². The van der Waals surface area contributed by atoms with Crippen LogP contribution in [-0.4, -0.2) is 38.4 Å². The molecule has 15 heavy (non-hydrogen) atoms. The van der Waals surface area contributed by atoms with Gasteiger partial charge >= 0.3 is 5.97 Å². The van der Waals surface area contributed by atoms with Crippen molar-refractivity contribution >= 4 is 5.97 Å². The first-order valence-corrected chi connectivity index (χ1v) is 5.67. The summed E-state index contributed by atoms with van der Waals surface area (Å²) < 4.78 is 10.3. The summed E-state index contributed by atoms with van der Waals surface area (Å²) in [4.78, 5) is 11.0. The molecule has 0 radical (unpaired) electrons. The molecule has 1 aliphatic carbocycles. The van der Waals surface area contributed by atoms with E-state index in [1.54, 1.807) is 6.92 Å². The third kappa shape index (κ3) is 4.62. The topological polar surface area (TPSA) is 47.6 Å². The molecule has 0 spiro atoms. The van der Waals surface area contributed by atoms with E-state index in [9.17, 15) is 4.79 Å². The van der Waals surface area contributed by atoms with E-state index in [-0.39, 0.29) is 12.0 Å². The highest BCUT2D eigenvalue weighted by Crippen LogP contribution is 2.20. The number of carbonyl (C=O) groups is 1. The Labute approximate surface area is 91.3 Å². The third-order valence-corrected chi connectivity index (χ3v) is 2.76. The molecular weight excluding hydrogens is 194 g/mol. The van der Waals surface area contributed by atoms with Gasteiger partial charge in [-0.25, -0.2) is 0 Å². The van der Waals surface area contributed by atoms with Gasteiger partial charge in [0.25, 0.3) is 0 Å². The zero-order valence-corrected chi connectivity index (χ0v) is 9.62. The Morgan fingerprint density at radius 3 is 2.73 bits per heavy atom. The lowest BCUT2D eigenvalue weighted by Gasteiger charge is -2.14. The Hall–Kier alpha value is -0.610. The largest absolute Gasteiger partial charge is 0.468 e. The number of rotatable bonds is 6. The molecule has 1 fully saturated rings. The first-order chi connectivity index (χ1) is 7.24. The molecule has 88 valence electrons. The second-order valence-electron chi connectivity index (χ2n) is 3.98. The molecule has 1 saturated carbocycles. The molecule has 0 saturated heterocycles. The first-order valence-electron chi connectivity index (χ1n) is 5.67. The standard InChI is InChI=1S/C11H21NO3/c1-9(11(13)14-2)12-7-8-15-10-5-3-4-6-10/h9-10,12H,3-8H2,1-2H3. The predicted octanol–water partition coefficient (Wildman–Crippen LogP) is 1.10. The van der Waals surface area contributed by atoms with Gasteiger partial charge < -0.3 is 14.8 Å². The van der Waals surface area contributed by atoms with E-state index in [2.05, 4.69) is 10.1 Å². The Balaban J connectivity index is 1.98. The predicted molar refractivity (Wildman–Crippen MR) is 57.7 cm³/mol. The SMILES string of the molecule is COC(=O)C(C)NCCOC1CCCC1. The number of hydrogen-bond acceptors (Lipinski definition) is 4. The fourth-order valence-electron chi connectivity index (χ4n) is 1.82. The minimum atomic E-state index is -0.248. The molecular formula is C11H21NO3. The molecule has 0 aromatic carbocycles. The number of nitrogens with one attached hydrogen (secondary N) is 1. The van der Waals surface area contributed by atoms with Gasteiger partial charge in [0.2, 0.25) is 0 Å². The van der Waals surface area contributed by atoms with E-state index in [1.165, 1.54) is 32.8 Å². The molecule has 0 heterocycles. The summed E-state index contributed by atoms with van der Waals surface area (Å²) in [5, 5.41) is 3.06. The van der Waals surface area contributed by atoms with E-state index in [0.717, 1.165) is 0 Å². The van der Waals surface area contributed by atoms with Crippen LogP contribution in [0.4, 0.5) is 0 Å². The second-order valence-corrected chi connectivity index (χ2v) is 3.98. The van der Waals surface area contributed by atoms with Gasteiger partial charge in [0.05, 0.1) is 19.8 Å². The van der Waals surface area contributed by atoms with Crippen molar-refractivity contribution in [2.45, 2.75) is 44.8 Å². The Bertz CT molecular complexity index is 190. The number of hydrogen-bond donors (Lipinski definition) is 1. The molecule has 0 aromatic heterocycles. The molecule has 1 atom stereocenters. The summed E-state index contributed by atoms with van der Waals surface area (Å²) in [6.07, 6.45) is 5.40. The number of esters is 1. The van der Waals surface area contributed by atoms with Crippen LogP contribution in [0.15, 0.2) is 0 Å². The van der Waals surface area contributed by atoms with E-state index < -0.39 is 0 Å². The van der Waals surface area contributed by atoms with Crippen molar-refractivity contribution in [3.05, 3.63) is 0 Å². The van der Waals surface area contributed by atoms with Gasteiger partial charge in [0.15, 0.2) is 0 Å². The fraction of sp³-hybridized carbons (Fsp3) is 0.909. The lowest BCUT2D eigenvalue weighted by molar-refractivity contribution is -0.142. The summed E-state index contributed by atoms with van der Waals surface area (Å²) in [6.45, 7) is 3.17. The van der Waals surface area contributed by atoms with Crippen LogP contribution >= 0.6 is 0 Å². The summed E-state index contributed by atoms with van der Waals surface area (Å²) in [5.41, 5.74) is 0. The van der Waals surface area contributed by atoms with Gasteiger partial charge in [-0.05, 0) is 19.8 Å². The van der Waals surface area contributed by atoms with Crippen molar-refractivity contribution in [1.29, 1.82) is 0 Å². The summed E-state index contributed by atoms with van der Waals surface area (Å²) in [7, 11) is 1.40. The average molecular weight is 215 g/mol. The van der Waals surface area contributed by atoms with Gasteiger partial charge in [0, 0.05) is 6.54 Å². The van der Waals surface area contributed by atoms with Crippen molar-refractivity contribution in [2.24, 2.45) is 0 Å². The zero-order valence-electron chi connectivity index (χ0n) is 9.62. The van der Waals surface area contributed by atoms with Gasteiger partial charge in [-0.3, -0.25) is 4.79 Å². The van der Waals surface area contributed by atoms with Crippen LogP contribution in [0.25, 0.3) is 0 Å². The van der Waals surface area contributed by atoms with E-state index in [0.29, 0.717) is 19.3 Å². The van der Waals surface area contributed by atoms with Crippen LogP contribution in [0, 0.1) is 0 Å². The van der Waals surface area contributed by atoms with Gasteiger partial charge in [0.1, 0.15) is 6.04 Å². The molecule has 1 unspecified atom stereocenters. The second kappa shape index (κ2) is 6.80. The van der Waals surface area contributed by atoms with Crippen LogP contribution in [0.3, 0.4) is 0 Å². The van der Waals surface area contributed by atoms with E-state index in [1.807, 2.05) is 0 Å². The first kappa shape index (κ1) is 12.5. The fourth-order valence-corrected chi connectivity index (χ4v) is 1.82. The van der Waals surface area contributed by atoms with Gasteiger partial charge in [-0.2, -0.15) is 0 Å². The van der Waals surface area contributed by atoms with Crippen LogP contribution < -0.4 is 5.32 Å². The quantitative estimate of drug-likeness (QED) is 0.532. The molecule has 4 nitrogen and oxygen atoms in total. The van der Waals surface area contributed by atoms with Gasteiger partial charge in [-0.1, -0.05) is 12.8 Å². The monoisotopic (exact) mass is 215 g/mol.